The highest BCUT2D eigenvalue weighted by atomic mass is 16.5. The number of aromatic nitrogens is 2. The fourth-order valence-corrected chi connectivity index (χ4v) is 2.51. The van der Waals surface area contributed by atoms with Gasteiger partial charge in [0.1, 0.15) is 5.75 Å². The fraction of sp³-hybridized carbons (Fsp3) is 0.389. The van der Waals surface area contributed by atoms with Gasteiger partial charge in [0.2, 0.25) is 5.95 Å². The summed E-state index contributed by atoms with van der Waals surface area (Å²) in [6.45, 7) is 3.36. The number of benzene rings is 1. The van der Waals surface area contributed by atoms with Crippen molar-refractivity contribution in [2.24, 2.45) is 0 Å². The Bertz CT molecular complexity index is 721. The van der Waals surface area contributed by atoms with Crippen LogP contribution in [0.15, 0.2) is 30.5 Å². The minimum atomic E-state index is -0.128. The van der Waals surface area contributed by atoms with Crippen molar-refractivity contribution < 1.29 is 14.3 Å². The van der Waals surface area contributed by atoms with Crippen molar-refractivity contribution in [3.8, 4) is 5.75 Å². The average molecular weight is 344 g/mol. The predicted molar refractivity (Wildman–Crippen MR) is 95.4 cm³/mol. The van der Waals surface area contributed by atoms with Crippen LogP contribution in [0.3, 0.4) is 0 Å². The number of rotatable bonds is 8. The van der Waals surface area contributed by atoms with E-state index in [0.717, 1.165) is 17.7 Å². The molecular weight excluding hydrogens is 320 g/mol. The van der Waals surface area contributed by atoms with Gasteiger partial charge < -0.3 is 20.1 Å². The number of hydrogen-bond acceptors (Lipinski definition) is 6. The van der Waals surface area contributed by atoms with Gasteiger partial charge in [-0.3, -0.25) is 4.79 Å². The molecule has 1 amide bonds. The van der Waals surface area contributed by atoms with E-state index in [-0.39, 0.29) is 11.9 Å². The molecule has 2 N–H and O–H groups in total. The lowest BCUT2D eigenvalue weighted by Gasteiger charge is -2.23. The van der Waals surface area contributed by atoms with Crippen LogP contribution in [-0.2, 0) is 11.3 Å². The van der Waals surface area contributed by atoms with Gasteiger partial charge >= 0.3 is 0 Å². The van der Waals surface area contributed by atoms with Gasteiger partial charge in [-0.15, -0.1) is 0 Å². The summed E-state index contributed by atoms with van der Waals surface area (Å²) in [5, 5.41) is 0. The fourth-order valence-electron chi connectivity index (χ4n) is 2.51. The number of nitrogens with zero attached hydrogens (tertiary/aromatic N) is 3. The normalized spacial score (nSPS) is 10.5. The van der Waals surface area contributed by atoms with Crippen LogP contribution in [0.4, 0.5) is 5.95 Å². The first kappa shape index (κ1) is 18.7. The zero-order valence-electron chi connectivity index (χ0n) is 14.9. The zero-order chi connectivity index (χ0) is 18.2. The molecule has 0 saturated carbocycles. The molecule has 0 aliphatic heterocycles. The predicted octanol–water partition coefficient (Wildman–Crippen LogP) is 2.05. The molecule has 1 heterocycles. The quantitative estimate of drug-likeness (QED) is 0.737. The summed E-state index contributed by atoms with van der Waals surface area (Å²) in [5.41, 5.74) is 7.59. The van der Waals surface area contributed by atoms with E-state index in [4.69, 9.17) is 15.2 Å². The van der Waals surface area contributed by atoms with Gasteiger partial charge in [-0.25, -0.2) is 9.97 Å². The third-order valence-corrected chi connectivity index (χ3v) is 3.80. The molecule has 0 atom stereocenters. The molecule has 0 bridgehead atoms. The topological polar surface area (TPSA) is 90.6 Å². The first-order valence-electron chi connectivity index (χ1n) is 8.05. The molecule has 1 aromatic heterocycles. The van der Waals surface area contributed by atoms with Gasteiger partial charge in [0.15, 0.2) is 0 Å². The van der Waals surface area contributed by atoms with Crippen LogP contribution in [0.2, 0.25) is 0 Å². The zero-order valence-corrected chi connectivity index (χ0v) is 14.9. The van der Waals surface area contributed by atoms with Gasteiger partial charge in [-0.1, -0.05) is 12.1 Å². The van der Waals surface area contributed by atoms with Crippen LogP contribution in [0.5, 0.6) is 5.75 Å². The second kappa shape index (κ2) is 8.98. The second-order valence-electron chi connectivity index (χ2n) is 5.65. The molecule has 0 spiro atoms. The van der Waals surface area contributed by atoms with Crippen LogP contribution in [0.1, 0.15) is 28.0 Å². The lowest BCUT2D eigenvalue weighted by molar-refractivity contribution is 0.0722. The van der Waals surface area contributed by atoms with E-state index in [1.165, 1.54) is 6.20 Å². The van der Waals surface area contributed by atoms with Crippen molar-refractivity contribution in [2.45, 2.75) is 19.9 Å². The molecule has 2 rings (SSSR count). The molecule has 7 nitrogen and oxygen atoms in total. The number of hydrogen-bond donors (Lipinski definition) is 1. The molecule has 0 radical (unpaired) electrons. The van der Waals surface area contributed by atoms with E-state index in [2.05, 4.69) is 9.97 Å². The Morgan fingerprint density at radius 1 is 1.32 bits per heavy atom. The SMILES string of the molecule is COCCCN(Cc1cccc(OC)c1)C(=O)c1cnc(N)nc1C. The highest BCUT2D eigenvalue weighted by Crippen LogP contribution is 2.17. The number of anilines is 1. The number of amides is 1. The Kier molecular flexibility index (Phi) is 6.71. The smallest absolute Gasteiger partial charge is 0.257 e. The molecule has 1 aromatic carbocycles. The van der Waals surface area contributed by atoms with Crippen molar-refractivity contribution in [2.75, 3.05) is 33.1 Å². The Hall–Kier alpha value is -2.67. The maximum Gasteiger partial charge on any atom is 0.257 e. The van der Waals surface area contributed by atoms with Crippen LogP contribution in [0, 0.1) is 6.92 Å². The van der Waals surface area contributed by atoms with E-state index in [0.29, 0.717) is 31.0 Å². The number of ether oxygens (including phenoxy) is 2. The molecule has 0 aliphatic rings. The molecule has 0 aliphatic carbocycles. The molecule has 0 fully saturated rings. The van der Waals surface area contributed by atoms with E-state index < -0.39 is 0 Å². The monoisotopic (exact) mass is 344 g/mol. The Labute approximate surface area is 147 Å². The maximum atomic E-state index is 13.0. The molecule has 25 heavy (non-hydrogen) atoms. The average Bonchev–Trinajstić information content (AvgIpc) is 2.60. The standard InChI is InChI=1S/C18H24N4O3/c1-13-16(11-20-18(19)21-13)17(23)22(8-5-9-24-2)12-14-6-4-7-15(10-14)25-3/h4,6-7,10-11H,5,8-9,12H2,1-3H3,(H2,19,20,21). The van der Waals surface area contributed by atoms with Crippen molar-refractivity contribution in [1.29, 1.82) is 0 Å². The molecule has 134 valence electrons. The van der Waals surface area contributed by atoms with E-state index in [9.17, 15) is 4.79 Å². The van der Waals surface area contributed by atoms with Gasteiger partial charge in [-0.2, -0.15) is 0 Å². The number of nitrogens with two attached hydrogens (primary N) is 1. The lowest BCUT2D eigenvalue weighted by Crippen LogP contribution is -2.33. The summed E-state index contributed by atoms with van der Waals surface area (Å²) < 4.78 is 10.4. The van der Waals surface area contributed by atoms with Crippen molar-refractivity contribution in [3.05, 3.63) is 47.3 Å². The van der Waals surface area contributed by atoms with Crippen LogP contribution >= 0.6 is 0 Å². The number of methoxy groups -OCH3 is 2. The Morgan fingerprint density at radius 2 is 2.12 bits per heavy atom. The number of carbonyl (C=O) groups is 1. The van der Waals surface area contributed by atoms with Crippen LogP contribution < -0.4 is 10.5 Å². The summed E-state index contributed by atoms with van der Waals surface area (Å²) in [4.78, 5) is 22.8. The van der Waals surface area contributed by atoms with Crippen molar-refractivity contribution >= 4 is 11.9 Å². The summed E-state index contributed by atoms with van der Waals surface area (Å²) in [7, 11) is 3.27. The number of nitrogen functional groups attached to an aromatic ring is 1. The third-order valence-electron chi connectivity index (χ3n) is 3.80. The van der Waals surface area contributed by atoms with Crippen LogP contribution in [0.25, 0.3) is 0 Å². The van der Waals surface area contributed by atoms with Crippen LogP contribution in [-0.4, -0.2) is 48.1 Å². The van der Waals surface area contributed by atoms with Gasteiger partial charge in [-0.05, 0) is 31.0 Å². The Morgan fingerprint density at radius 3 is 2.80 bits per heavy atom. The van der Waals surface area contributed by atoms with E-state index >= 15 is 0 Å². The third kappa shape index (κ3) is 5.15. The highest BCUT2D eigenvalue weighted by molar-refractivity contribution is 5.95. The van der Waals surface area contributed by atoms with Gasteiger partial charge in [0.25, 0.3) is 5.91 Å². The van der Waals surface area contributed by atoms with E-state index in [1.807, 2.05) is 24.3 Å². The minimum Gasteiger partial charge on any atom is -0.497 e. The number of aryl methyl sites for hydroxylation is 1. The molecule has 2 aromatic rings. The summed E-state index contributed by atoms with van der Waals surface area (Å²) in [6.07, 6.45) is 2.22. The largest absolute Gasteiger partial charge is 0.497 e. The first-order valence-corrected chi connectivity index (χ1v) is 8.05. The molecule has 7 heteroatoms. The minimum absolute atomic E-state index is 0.128. The molecule has 0 saturated heterocycles. The maximum absolute atomic E-state index is 13.0. The van der Waals surface area contributed by atoms with Gasteiger partial charge in [0.05, 0.1) is 18.4 Å². The van der Waals surface area contributed by atoms with Crippen molar-refractivity contribution in [1.82, 2.24) is 14.9 Å². The first-order chi connectivity index (χ1) is 12.0. The summed E-state index contributed by atoms with van der Waals surface area (Å²) in [5.74, 6) is 0.790. The van der Waals surface area contributed by atoms with Gasteiger partial charge in [0, 0.05) is 33.0 Å². The Balaban J connectivity index is 2.22. The molecule has 0 unspecified atom stereocenters. The molecular formula is C18H24N4O3. The van der Waals surface area contributed by atoms with Crippen molar-refractivity contribution in [3.63, 3.8) is 0 Å². The van der Waals surface area contributed by atoms with E-state index in [1.54, 1.807) is 26.0 Å². The second-order valence-corrected chi connectivity index (χ2v) is 5.65. The number of carbonyl (C=O) groups excluding carboxylic acids is 1. The summed E-state index contributed by atoms with van der Waals surface area (Å²) >= 11 is 0. The summed E-state index contributed by atoms with van der Waals surface area (Å²) in [6, 6.07) is 7.66. The lowest BCUT2D eigenvalue weighted by atomic mass is 10.1. The highest BCUT2D eigenvalue weighted by Gasteiger charge is 2.19.